The van der Waals surface area contributed by atoms with Crippen LogP contribution in [0.4, 0.5) is 5.69 Å². The fourth-order valence-corrected chi connectivity index (χ4v) is 2.31. The molecule has 2 heterocycles. The zero-order valence-electron chi connectivity index (χ0n) is 9.62. The summed E-state index contributed by atoms with van der Waals surface area (Å²) in [6, 6.07) is 6.58. The predicted molar refractivity (Wildman–Crippen MR) is 65.2 cm³/mol. The Labute approximate surface area is 95.1 Å². The summed E-state index contributed by atoms with van der Waals surface area (Å²) in [5.74, 6) is 1.04. The normalized spacial score (nSPS) is 13.6. The van der Waals surface area contributed by atoms with Crippen LogP contribution in [0.3, 0.4) is 0 Å². The van der Waals surface area contributed by atoms with Gasteiger partial charge in [0.1, 0.15) is 5.82 Å². The number of fused-ring (bicyclic) bond motifs is 1. The summed E-state index contributed by atoms with van der Waals surface area (Å²) in [6.07, 6.45) is 3.21. The molecule has 0 saturated carbocycles. The molecule has 0 spiro atoms. The molecule has 0 amide bonds. The van der Waals surface area contributed by atoms with Gasteiger partial charge in [0.05, 0.1) is 5.69 Å². The number of benzene rings is 1. The first-order valence-electron chi connectivity index (χ1n) is 5.64. The minimum absolute atomic E-state index is 1.04. The van der Waals surface area contributed by atoms with Crippen molar-refractivity contribution in [1.82, 2.24) is 9.55 Å². The first-order chi connectivity index (χ1) is 7.74. The third kappa shape index (κ3) is 1.40. The van der Waals surface area contributed by atoms with E-state index in [1.807, 2.05) is 13.8 Å². The molecule has 1 aromatic heterocycles. The Morgan fingerprint density at radius 1 is 1.31 bits per heavy atom. The highest BCUT2D eigenvalue weighted by molar-refractivity contribution is 5.60. The topological polar surface area (TPSA) is 29.9 Å². The van der Waals surface area contributed by atoms with Gasteiger partial charge in [-0.15, -0.1) is 0 Å². The average Bonchev–Trinajstić information content (AvgIpc) is 2.83. The van der Waals surface area contributed by atoms with E-state index in [4.69, 9.17) is 0 Å². The lowest BCUT2D eigenvalue weighted by atomic mass is 10.1. The van der Waals surface area contributed by atoms with Gasteiger partial charge >= 0.3 is 0 Å². The first kappa shape index (κ1) is 9.46. The number of aromatic nitrogens is 2. The maximum Gasteiger partial charge on any atom is 0.110 e. The van der Waals surface area contributed by atoms with Crippen molar-refractivity contribution in [2.75, 3.05) is 11.9 Å². The molecule has 3 nitrogen and oxygen atoms in total. The molecule has 1 N–H and O–H groups in total. The van der Waals surface area contributed by atoms with E-state index < -0.39 is 0 Å². The summed E-state index contributed by atoms with van der Waals surface area (Å²) in [5.41, 5.74) is 4.93. The van der Waals surface area contributed by atoms with Crippen LogP contribution >= 0.6 is 0 Å². The summed E-state index contributed by atoms with van der Waals surface area (Å²) in [4.78, 5) is 4.42. The lowest BCUT2D eigenvalue weighted by Crippen LogP contribution is -1.96. The molecular weight excluding hydrogens is 198 g/mol. The fourth-order valence-electron chi connectivity index (χ4n) is 2.31. The Morgan fingerprint density at radius 3 is 2.94 bits per heavy atom. The van der Waals surface area contributed by atoms with Crippen molar-refractivity contribution in [3.8, 4) is 5.69 Å². The van der Waals surface area contributed by atoms with Crippen molar-refractivity contribution in [3.05, 3.63) is 41.5 Å². The molecule has 0 unspecified atom stereocenters. The number of aryl methyl sites for hydroxylation is 2. The van der Waals surface area contributed by atoms with Crippen LogP contribution in [0.2, 0.25) is 0 Å². The lowest BCUT2D eigenvalue weighted by molar-refractivity contribution is 0.974. The quantitative estimate of drug-likeness (QED) is 0.788. The Bertz CT molecular complexity index is 540. The van der Waals surface area contributed by atoms with E-state index >= 15 is 0 Å². The van der Waals surface area contributed by atoms with E-state index in [0.29, 0.717) is 0 Å². The van der Waals surface area contributed by atoms with Gasteiger partial charge in [-0.2, -0.15) is 0 Å². The van der Waals surface area contributed by atoms with Crippen LogP contribution in [0.1, 0.15) is 17.1 Å². The number of hydrogen-bond donors (Lipinski definition) is 1. The van der Waals surface area contributed by atoms with Crippen LogP contribution < -0.4 is 5.32 Å². The van der Waals surface area contributed by atoms with Crippen LogP contribution in [-0.2, 0) is 6.42 Å². The number of nitrogens with zero attached hydrogens (tertiary/aromatic N) is 2. The SMILES string of the molecule is Cc1cn(-c2ccc3c(c2)NCC3)c(C)n1. The number of rotatable bonds is 1. The van der Waals surface area contributed by atoms with Gasteiger partial charge in [-0.25, -0.2) is 4.98 Å². The predicted octanol–water partition coefficient (Wildman–Crippen LogP) is 2.46. The zero-order chi connectivity index (χ0) is 11.1. The van der Waals surface area contributed by atoms with Crippen molar-refractivity contribution in [1.29, 1.82) is 0 Å². The summed E-state index contributed by atoms with van der Waals surface area (Å²) in [7, 11) is 0. The summed E-state index contributed by atoms with van der Waals surface area (Å²) < 4.78 is 2.13. The molecule has 0 aliphatic carbocycles. The maximum atomic E-state index is 4.42. The Kier molecular flexibility index (Phi) is 1.99. The molecular formula is C13H15N3. The maximum absolute atomic E-state index is 4.42. The van der Waals surface area contributed by atoms with Crippen molar-refractivity contribution in [2.45, 2.75) is 20.3 Å². The van der Waals surface area contributed by atoms with Gasteiger partial charge in [0.15, 0.2) is 0 Å². The highest BCUT2D eigenvalue weighted by Crippen LogP contribution is 2.25. The largest absolute Gasteiger partial charge is 0.384 e. The summed E-state index contributed by atoms with van der Waals surface area (Å²) in [5, 5.41) is 3.40. The standard InChI is InChI=1S/C13H15N3/c1-9-8-16(10(2)15-9)12-4-3-11-5-6-14-13(11)7-12/h3-4,7-8,14H,5-6H2,1-2H3. The number of nitrogens with one attached hydrogen (secondary N) is 1. The number of anilines is 1. The molecule has 2 aromatic rings. The molecule has 0 fully saturated rings. The molecule has 1 aromatic carbocycles. The Balaban J connectivity index is 2.10. The Hall–Kier alpha value is -1.77. The van der Waals surface area contributed by atoms with Crippen molar-refractivity contribution >= 4 is 5.69 Å². The molecule has 0 bridgehead atoms. The molecule has 3 heteroatoms. The molecule has 1 aliphatic heterocycles. The molecule has 82 valence electrons. The molecule has 0 atom stereocenters. The van der Waals surface area contributed by atoms with Crippen LogP contribution in [0, 0.1) is 13.8 Å². The highest BCUT2D eigenvalue weighted by Gasteiger charge is 2.11. The van der Waals surface area contributed by atoms with Crippen LogP contribution in [0.15, 0.2) is 24.4 Å². The van der Waals surface area contributed by atoms with Gasteiger partial charge < -0.3 is 9.88 Å². The number of imidazole rings is 1. The monoisotopic (exact) mass is 213 g/mol. The van der Waals surface area contributed by atoms with Crippen LogP contribution in [0.5, 0.6) is 0 Å². The van der Waals surface area contributed by atoms with Crippen molar-refractivity contribution in [3.63, 3.8) is 0 Å². The molecule has 3 rings (SSSR count). The van der Waals surface area contributed by atoms with E-state index in [2.05, 4.69) is 39.3 Å². The van der Waals surface area contributed by atoms with E-state index in [9.17, 15) is 0 Å². The summed E-state index contributed by atoms with van der Waals surface area (Å²) >= 11 is 0. The minimum atomic E-state index is 1.04. The van der Waals surface area contributed by atoms with E-state index in [0.717, 1.165) is 24.5 Å². The lowest BCUT2D eigenvalue weighted by Gasteiger charge is -2.07. The van der Waals surface area contributed by atoms with Gasteiger partial charge in [-0.1, -0.05) is 6.07 Å². The van der Waals surface area contributed by atoms with Gasteiger partial charge in [0.25, 0.3) is 0 Å². The van der Waals surface area contributed by atoms with Crippen molar-refractivity contribution in [2.24, 2.45) is 0 Å². The first-order valence-corrected chi connectivity index (χ1v) is 5.64. The summed E-state index contributed by atoms with van der Waals surface area (Å²) in [6.45, 7) is 5.11. The van der Waals surface area contributed by atoms with Crippen LogP contribution in [-0.4, -0.2) is 16.1 Å². The minimum Gasteiger partial charge on any atom is -0.384 e. The molecule has 0 saturated heterocycles. The molecule has 16 heavy (non-hydrogen) atoms. The second-order valence-electron chi connectivity index (χ2n) is 4.32. The molecule has 0 radical (unpaired) electrons. The Morgan fingerprint density at radius 2 is 2.19 bits per heavy atom. The van der Waals surface area contributed by atoms with E-state index in [-0.39, 0.29) is 0 Å². The van der Waals surface area contributed by atoms with E-state index in [1.54, 1.807) is 0 Å². The zero-order valence-corrected chi connectivity index (χ0v) is 9.62. The van der Waals surface area contributed by atoms with E-state index in [1.165, 1.54) is 16.9 Å². The smallest absolute Gasteiger partial charge is 0.110 e. The van der Waals surface area contributed by atoms with Gasteiger partial charge in [-0.3, -0.25) is 0 Å². The second-order valence-corrected chi connectivity index (χ2v) is 4.32. The number of hydrogen-bond acceptors (Lipinski definition) is 2. The third-order valence-corrected chi connectivity index (χ3v) is 3.08. The third-order valence-electron chi connectivity index (χ3n) is 3.08. The van der Waals surface area contributed by atoms with Gasteiger partial charge in [0, 0.05) is 24.1 Å². The molecule has 1 aliphatic rings. The second kappa shape index (κ2) is 3.37. The fraction of sp³-hybridized carbons (Fsp3) is 0.308. The van der Waals surface area contributed by atoms with Gasteiger partial charge in [0.2, 0.25) is 0 Å². The van der Waals surface area contributed by atoms with Gasteiger partial charge in [-0.05, 0) is 38.0 Å². The van der Waals surface area contributed by atoms with Crippen LogP contribution in [0.25, 0.3) is 5.69 Å². The highest BCUT2D eigenvalue weighted by atomic mass is 15.1. The average molecular weight is 213 g/mol. The van der Waals surface area contributed by atoms with Crippen molar-refractivity contribution < 1.29 is 0 Å².